The van der Waals surface area contributed by atoms with Crippen LogP contribution in [0.15, 0.2) is 42.5 Å². The van der Waals surface area contributed by atoms with Crippen LogP contribution in [0.3, 0.4) is 0 Å². The van der Waals surface area contributed by atoms with E-state index in [4.69, 9.17) is 23.2 Å². The Labute approximate surface area is 128 Å². The van der Waals surface area contributed by atoms with Crippen molar-refractivity contribution in [2.45, 2.75) is 19.3 Å². The first-order valence-electron chi connectivity index (χ1n) is 6.44. The lowest BCUT2D eigenvalue weighted by Gasteiger charge is -2.09. The number of hydrogen-bond acceptors (Lipinski definition) is 1. The number of fused-ring (bicyclic) bond motifs is 1. The van der Waals surface area contributed by atoms with E-state index in [-0.39, 0.29) is 0 Å². The highest BCUT2D eigenvalue weighted by atomic mass is 35.5. The Morgan fingerprint density at radius 3 is 2.70 bits per heavy atom. The largest absolute Gasteiger partial charge is 0.324 e. The second kappa shape index (κ2) is 5.47. The Bertz CT molecular complexity index is 762. The van der Waals surface area contributed by atoms with Crippen molar-refractivity contribution in [1.29, 1.82) is 0 Å². The summed E-state index contributed by atoms with van der Waals surface area (Å²) in [6.07, 6.45) is 0. The molecule has 0 spiro atoms. The van der Waals surface area contributed by atoms with Crippen LogP contribution in [0, 0.1) is 6.92 Å². The van der Waals surface area contributed by atoms with Crippen molar-refractivity contribution in [2.24, 2.45) is 0 Å². The highest BCUT2D eigenvalue weighted by Gasteiger charge is 2.10. The molecule has 0 bridgehead atoms. The average Bonchev–Trinajstić information content (AvgIpc) is 2.77. The molecule has 0 aliphatic carbocycles. The van der Waals surface area contributed by atoms with E-state index in [1.54, 1.807) is 0 Å². The van der Waals surface area contributed by atoms with Gasteiger partial charge in [0.25, 0.3) is 0 Å². The molecule has 0 radical (unpaired) electrons. The zero-order valence-corrected chi connectivity index (χ0v) is 12.6. The summed E-state index contributed by atoms with van der Waals surface area (Å²) in [6, 6.07) is 14.0. The van der Waals surface area contributed by atoms with Crippen molar-refractivity contribution in [1.82, 2.24) is 9.55 Å². The van der Waals surface area contributed by atoms with Crippen LogP contribution in [0.1, 0.15) is 17.0 Å². The zero-order valence-electron chi connectivity index (χ0n) is 11.1. The molecule has 2 nitrogen and oxygen atoms in total. The molecule has 0 unspecified atom stereocenters. The van der Waals surface area contributed by atoms with Gasteiger partial charge in [0, 0.05) is 10.9 Å². The van der Waals surface area contributed by atoms with Crippen LogP contribution in [-0.4, -0.2) is 9.55 Å². The van der Waals surface area contributed by atoms with Gasteiger partial charge in [0.05, 0.1) is 17.6 Å². The first-order chi connectivity index (χ1) is 9.69. The van der Waals surface area contributed by atoms with Crippen LogP contribution >= 0.6 is 23.2 Å². The van der Waals surface area contributed by atoms with Crippen LogP contribution < -0.4 is 0 Å². The summed E-state index contributed by atoms with van der Waals surface area (Å²) in [7, 11) is 0. The van der Waals surface area contributed by atoms with Crippen molar-refractivity contribution in [3.05, 3.63) is 64.4 Å². The second-order valence-electron chi connectivity index (χ2n) is 4.79. The van der Waals surface area contributed by atoms with Crippen molar-refractivity contribution in [3.63, 3.8) is 0 Å². The summed E-state index contributed by atoms with van der Waals surface area (Å²) in [5.74, 6) is 1.48. The van der Waals surface area contributed by atoms with Gasteiger partial charge >= 0.3 is 0 Å². The lowest BCUT2D eigenvalue weighted by molar-refractivity contribution is 0.786. The number of halogens is 2. The molecule has 1 heterocycles. The molecule has 0 aliphatic rings. The van der Waals surface area contributed by atoms with Gasteiger partial charge in [0.1, 0.15) is 5.82 Å². The van der Waals surface area contributed by atoms with E-state index in [9.17, 15) is 0 Å². The third-order valence-electron chi connectivity index (χ3n) is 3.44. The Morgan fingerprint density at radius 2 is 1.95 bits per heavy atom. The van der Waals surface area contributed by atoms with Gasteiger partial charge in [-0.3, -0.25) is 0 Å². The molecule has 102 valence electrons. The van der Waals surface area contributed by atoms with E-state index in [2.05, 4.69) is 15.6 Å². The Kier molecular flexibility index (Phi) is 3.68. The first-order valence-corrected chi connectivity index (χ1v) is 7.35. The van der Waals surface area contributed by atoms with E-state index in [1.165, 1.54) is 0 Å². The molecule has 20 heavy (non-hydrogen) atoms. The smallest absolute Gasteiger partial charge is 0.107 e. The van der Waals surface area contributed by atoms with Crippen LogP contribution in [0.2, 0.25) is 5.02 Å². The van der Waals surface area contributed by atoms with Crippen LogP contribution in [-0.2, 0) is 12.4 Å². The van der Waals surface area contributed by atoms with Crippen molar-refractivity contribution in [3.8, 4) is 0 Å². The monoisotopic (exact) mass is 304 g/mol. The lowest BCUT2D eigenvalue weighted by Crippen LogP contribution is -2.02. The fraction of sp³-hybridized carbons (Fsp3) is 0.188. The second-order valence-corrected chi connectivity index (χ2v) is 5.47. The number of hydrogen-bond donors (Lipinski definition) is 0. The minimum atomic E-state index is 0.506. The zero-order chi connectivity index (χ0) is 14.1. The van der Waals surface area contributed by atoms with Gasteiger partial charge in [-0.2, -0.15) is 0 Å². The Balaban J connectivity index is 2.11. The SMILES string of the molecule is Cc1nc2ccc(CCl)cc2n1Cc1ccccc1Cl. The molecule has 0 N–H and O–H groups in total. The molecule has 0 amide bonds. The van der Waals surface area contributed by atoms with Crippen molar-refractivity contribution < 1.29 is 0 Å². The standard InChI is InChI=1S/C16H14Cl2N2/c1-11-19-15-7-6-12(9-17)8-16(15)20(11)10-13-4-2-3-5-14(13)18/h2-8H,9-10H2,1H3. The van der Waals surface area contributed by atoms with E-state index in [0.29, 0.717) is 12.4 Å². The van der Waals surface area contributed by atoms with Crippen molar-refractivity contribution in [2.75, 3.05) is 0 Å². The molecule has 0 aliphatic heterocycles. The minimum Gasteiger partial charge on any atom is -0.324 e. The predicted molar refractivity (Wildman–Crippen MR) is 84.6 cm³/mol. The third-order valence-corrected chi connectivity index (χ3v) is 4.12. The number of rotatable bonds is 3. The number of aromatic nitrogens is 2. The molecule has 3 aromatic rings. The lowest BCUT2D eigenvalue weighted by atomic mass is 10.2. The molecule has 1 aromatic heterocycles. The molecule has 4 heteroatoms. The maximum absolute atomic E-state index is 6.25. The molecular weight excluding hydrogens is 291 g/mol. The van der Waals surface area contributed by atoms with E-state index in [1.807, 2.05) is 43.3 Å². The van der Waals surface area contributed by atoms with E-state index >= 15 is 0 Å². The van der Waals surface area contributed by atoms with Gasteiger partial charge in [-0.15, -0.1) is 11.6 Å². The van der Waals surface area contributed by atoms with Gasteiger partial charge in [-0.25, -0.2) is 4.98 Å². The highest BCUT2D eigenvalue weighted by molar-refractivity contribution is 6.31. The maximum atomic E-state index is 6.25. The fourth-order valence-electron chi connectivity index (χ4n) is 2.37. The van der Waals surface area contributed by atoms with Gasteiger partial charge in [0.15, 0.2) is 0 Å². The first kappa shape index (κ1) is 13.5. The summed E-state index contributed by atoms with van der Waals surface area (Å²) in [5.41, 5.74) is 4.27. The highest BCUT2D eigenvalue weighted by Crippen LogP contribution is 2.22. The van der Waals surface area contributed by atoms with Crippen LogP contribution in [0.4, 0.5) is 0 Å². The van der Waals surface area contributed by atoms with Crippen LogP contribution in [0.5, 0.6) is 0 Å². The topological polar surface area (TPSA) is 17.8 Å². The molecule has 3 rings (SSSR count). The number of alkyl halides is 1. The van der Waals surface area contributed by atoms with E-state index in [0.717, 1.165) is 33.0 Å². The van der Waals surface area contributed by atoms with Gasteiger partial charge in [-0.1, -0.05) is 35.9 Å². The summed E-state index contributed by atoms with van der Waals surface area (Å²) in [6.45, 7) is 2.73. The number of imidazole rings is 1. The normalized spacial score (nSPS) is 11.2. The number of nitrogens with zero attached hydrogens (tertiary/aromatic N) is 2. The summed E-state index contributed by atoms with van der Waals surface area (Å²) < 4.78 is 2.17. The third kappa shape index (κ3) is 2.41. The number of benzene rings is 2. The summed E-state index contributed by atoms with van der Waals surface area (Å²) >= 11 is 12.2. The Morgan fingerprint density at radius 1 is 1.15 bits per heavy atom. The van der Waals surface area contributed by atoms with Crippen LogP contribution in [0.25, 0.3) is 11.0 Å². The molecule has 0 saturated heterocycles. The summed E-state index contributed by atoms with van der Waals surface area (Å²) in [4.78, 5) is 4.59. The quantitative estimate of drug-likeness (QED) is 0.636. The summed E-state index contributed by atoms with van der Waals surface area (Å²) in [5, 5.41) is 0.780. The van der Waals surface area contributed by atoms with Gasteiger partial charge in [0.2, 0.25) is 0 Å². The molecular formula is C16H14Cl2N2. The van der Waals surface area contributed by atoms with Gasteiger partial charge < -0.3 is 4.57 Å². The average molecular weight is 305 g/mol. The molecule has 0 atom stereocenters. The predicted octanol–water partition coefficient (Wildman–Crippen LogP) is 4.79. The van der Waals surface area contributed by atoms with Gasteiger partial charge in [-0.05, 0) is 36.2 Å². The minimum absolute atomic E-state index is 0.506. The maximum Gasteiger partial charge on any atom is 0.107 e. The molecule has 0 fully saturated rings. The number of aryl methyl sites for hydroxylation is 1. The fourth-order valence-corrected chi connectivity index (χ4v) is 2.73. The van der Waals surface area contributed by atoms with Crippen molar-refractivity contribution >= 4 is 34.2 Å². The van der Waals surface area contributed by atoms with E-state index < -0.39 is 0 Å². The molecule has 2 aromatic carbocycles. The Hall–Kier alpha value is -1.51. The molecule has 0 saturated carbocycles.